The number of rotatable bonds is 6. The number of aromatic nitrogens is 1. The number of nitrogens with zero attached hydrogens (tertiary/aromatic N) is 3. The number of aryl methyl sites for hydroxylation is 2. The highest BCUT2D eigenvalue weighted by Crippen LogP contribution is 2.37. The standard InChI is InChI=1S/C32H35N3O2/c36-27(23-37-31-17-16-26-10-3-6-13-30(26)33-31)22-34-18-7-19-35(21-20-34)32-28-11-4-1-8-24(28)14-15-25-9-2-5-12-29(25)32/h1-6,8-13,16-17,27,32,36H,7,14-15,18-23H2. The quantitative estimate of drug-likeness (QED) is 0.415. The highest BCUT2D eigenvalue weighted by Gasteiger charge is 2.30. The van der Waals surface area contributed by atoms with Crippen LogP contribution in [0.15, 0.2) is 84.9 Å². The van der Waals surface area contributed by atoms with Crippen LogP contribution >= 0.6 is 0 Å². The second kappa shape index (κ2) is 11.0. The van der Waals surface area contributed by atoms with E-state index in [2.05, 4.69) is 63.3 Å². The zero-order chi connectivity index (χ0) is 25.0. The molecular weight excluding hydrogens is 458 g/mol. The SMILES string of the molecule is OC(COc1ccc2ccccc2n1)CN1CCCN(C2c3ccccc3CCc3ccccc32)CC1. The molecule has 1 N–H and O–H groups in total. The van der Waals surface area contributed by atoms with Crippen LogP contribution in [-0.4, -0.2) is 65.3 Å². The number of hydrogen-bond acceptors (Lipinski definition) is 5. The van der Waals surface area contributed by atoms with Gasteiger partial charge < -0.3 is 9.84 Å². The molecule has 6 rings (SSSR count). The minimum absolute atomic E-state index is 0.245. The predicted molar refractivity (Wildman–Crippen MR) is 148 cm³/mol. The molecule has 37 heavy (non-hydrogen) atoms. The van der Waals surface area contributed by atoms with Gasteiger partial charge in [-0.2, -0.15) is 0 Å². The Bertz CT molecular complexity index is 1310. The van der Waals surface area contributed by atoms with Crippen molar-refractivity contribution in [3.05, 3.63) is 107 Å². The number of aliphatic hydroxyl groups is 1. The van der Waals surface area contributed by atoms with Crippen molar-refractivity contribution in [2.75, 3.05) is 39.3 Å². The predicted octanol–water partition coefficient (Wildman–Crippen LogP) is 4.87. The van der Waals surface area contributed by atoms with Crippen LogP contribution in [-0.2, 0) is 12.8 Å². The Morgan fingerprint density at radius 1 is 0.784 bits per heavy atom. The molecule has 5 heteroatoms. The molecule has 0 saturated carbocycles. The van der Waals surface area contributed by atoms with Crippen molar-refractivity contribution in [3.63, 3.8) is 0 Å². The van der Waals surface area contributed by atoms with Crippen LogP contribution in [0.3, 0.4) is 0 Å². The van der Waals surface area contributed by atoms with Crippen molar-refractivity contribution in [2.45, 2.75) is 31.4 Å². The van der Waals surface area contributed by atoms with Crippen molar-refractivity contribution < 1.29 is 9.84 Å². The summed E-state index contributed by atoms with van der Waals surface area (Å²) in [4.78, 5) is 9.60. The van der Waals surface area contributed by atoms with Crippen molar-refractivity contribution in [1.82, 2.24) is 14.8 Å². The monoisotopic (exact) mass is 493 g/mol. The summed E-state index contributed by atoms with van der Waals surface area (Å²) in [6.07, 6.45) is 2.73. The molecule has 4 aromatic rings. The minimum Gasteiger partial charge on any atom is -0.475 e. The van der Waals surface area contributed by atoms with Crippen molar-refractivity contribution in [2.24, 2.45) is 0 Å². The molecule has 1 saturated heterocycles. The fraction of sp³-hybridized carbons (Fsp3) is 0.344. The summed E-state index contributed by atoms with van der Waals surface area (Å²) in [5.41, 5.74) is 6.76. The third-order valence-corrected chi connectivity index (χ3v) is 7.82. The summed E-state index contributed by atoms with van der Waals surface area (Å²) in [6.45, 7) is 4.81. The maximum absolute atomic E-state index is 10.8. The molecule has 0 radical (unpaired) electrons. The van der Waals surface area contributed by atoms with Crippen LogP contribution in [0.25, 0.3) is 10.9 Å². The van der Waals surface area contributed by atoms with Crippen LogP contribution in [0.2, 0.25) is 0 Å². The molecule has 0 amide bonds. The van der Waals surface area contributed by atoms with E-state index < -0.39 is 6.10 Å². The normalized spacial score (nSPS) is 18.0. The van der Waals surface area contributed by atoms with Gasteiger partial charge in [-0.3, -0.25) is 9.80 Å². The van der Waals surface area contributed by atoms with Gasteiger partial charge in [-0.05, 0) is 60.2 Å². The molecule has 1 unspecified atom stereocenters. The fourth-order valence-electron chi connectivity index (χ4n) is 5.98. The molecule has 1 atom stereocenters. The molecule has 0 bridgehead atoms. The number of fused-ring (bicyclic) bond motifs is 3. The van der Waals surface area contributed by atoms with E-state index in [9.17, 15) is 5.11 Å². The van der Waals surface area contributed by atoms with Crippen LogP contribution in [0.1, 0.15) is 34.7 Å². The second-order valence-corrected chi connectivity index (χ2v) is 10.3. The molecule has 2 aliphatic rings. The number of pyridine rings is 1. The van der Waals surface area contributed by atoms with Gasteiger partial charge in [0.2, 0.25) is 5.88 Å². The van der Waals surface area contributed by atoms with E-state index in [4.69, 9.17) is 4.74 Å². The summed E-state index contributed by atoms with van der Waals surface area (Å²) in [5.74, 6) is 0.561. The van der Waals surface area contributed by atoms with Gasteiger partial charge in [0.25, 0.3) is 0 Å². The van der Waals surface area contributed by atoms with E-state index >= 15 is 0 Å². The lowest BCUT2D eigenvalue weighted by Crippen LogP contribution is -2.39. The lowest BCUT2D eigenvalue weighted by atomic mass is 9.93. The largest absolute Gasteiger partial charge is 0.475 e. The molecule has 190 valence electrons. The van der Waals surface area contributed by atoms with Crippen LogP contribution in [0, 0.1) is 0 Å². The highest BCUT2D eigenvalue weighted by atomic mass is 16.5. The van der Waals surface area contributed by atoms with E-state index in [1.165, 1.54) is 22.3 Å². The molecule has 2 heterocycles. The van der Waals surface area contributed by atoms with Gasteiger partial charge in [0.1, 0.15) is 12.7 Å². The molecule has 1 aliphatic carbocycles. The maximum atomic E-state index is 10.8. The first-order valence-electron chi connectivity index (χ1n) is 13.5. The van der Waals surface area contributed by atoms with Crippen LogP contribution < -0.4 is 4.74 Å². The zero-order valence-electron chi connectivity index (χ0n) is 21.3. The van der Waals surface area contributed by atoms with Crippen molar-refractivity contribution in [1.29, 1.82) is 0 Å². The molecular formula is C32H35N3O2. The molecule has 1 fully saturated rings. The smallest absolute Gasteiger partial charge is 0.213 e. The van der Waals surface area contributed by atoms with Gasteiger partial charge in [-0.25, -0.2) is 4.98 Å². The summed E-state index contributed by atoms with van der Waals surface area (Å²) in [6, 6.07) is 30.2. The van der Waals surface area contributed by atoms with Crippen LogP contribution in [0.5, 0.6) is 5.88 Å². The number of hydrogen-bond donors (Lipinski definition) is 1. The third kappa shape index (κ3) is 5.40. The Labute approximate surface area is 219 Å². The second-order valence-electron chi connectivity index (χ2n) is 10.3. The Hall–Kier alpha value is -3.25. The summed E-state index contributed by atoms with van der Waals surface area (Å²) >= 11 is 0. The van der Waals surface area contributed by atoms with Gasteiger partial charge in [0.15, 0.2) is 0 Å². The Morgan fingerprint density at radius 2 is 1.49 bits per heavy atom. The van der Waals surface area contributed by atoms with Crippen molar-refractivity contribution in [3.8, 4) is 5.88 Å². The van der Waals surface area contributed by atoms with Crippen molar-refractivity contribution >= 4 is 10.9 Å². The van der Waals surface area contributed by atoms with E-state index in [1.54, 1.807) is 0 Å². The average molecular weight is 494 g/mol. The summed E-state index contributed by atoms with van der Waals surface area (Å²) in [5, 5.41) is 11.9. The highest BCUT2D eigenvalue weighted by molar-refractivity contribution is 5.78. The number of ether oxygens (including phenoxy) is 1. The number of aliphatic hydroxyl groups excluding tert-OH is 1. The van der Waals surface area contributed by atoms with E-state index in [1.807, 2.05) is 36.4 Å². The number of para-hydroxylation sites is 1. The molecule has 1 aromatic heterocycles. The zero-order valence-corrected chi connectivity index (χ0v) is 21.3. The van der Waals surface area contributed by atoms with Gasteiger partial charge in [0.05, 0.1) is 11.6 Å². The van der Waals surface area contributed by atoms with E-state index in [0.29, 0.717) is 18.5 Å². The van der Waals surface area contributed by atoms with Gasteiger partial charge >= 0.3 is 0 Å². The minimum atomic E-state index is -0.556. The first kappa shape index (κ1) is 24.1. The number of β-amino-alcohol motifs (C(OH)–C–C–N with tert-alkyl or cyclic N) is 1. The maximum Gasteiger partial charge on any atom is 0.213 e. The number of benzene rings is 3. The lowest BCUT2D eigenvalue weighted by Gasteiger charge is -2.33. The molecule has 5 nitrogen and oxygen atoms in total. The first-order chi connectivity index (χ1) is 18.2. The van der Waals surface area contributed by atoms with E-state index in [0.717, 1.165) is 56.3 Å². The third-order valence-electron chi connectivity index (χ3n) is 7.82. The van der Waals surface area contributed by atoms with Crippen LogP contribution in [0.4, 0.5) is 0 Å². The molecule has 1 aliphatic heterocycles. The van der Waals surface area contributed by atoms with E-state index in [-0.39, 0.29) is 6.61 Å². The lowest BCUT2D eigenvalue weighted by molar-refractivity contribution is 0.0674. The Kier molecular flexibility index (Phi) is 7.18. The first-order valence-corrected chi connectivity index (χ1v) is 13.5. The topological polar surface area (TPSA) is 48.8 Å². The molecule has 0 spiro atoms. The van der Waals surface area contributed by atoms with Gasteiger partial charge in [-0.15, -0.1) is 0 Å². The average Bonchev–Trinajstić information content (AvgIpc) is 3.26. The Balaban J connectivity index is 1.10. The van der Waals surface area contributed by atoms with Gasteiger partial charge in [0, 0.05) is 37.6 Å². The fourth-order valence-corrected chi connectivity index (χ4v) is 5.98. The summed E-state index contributed by atoms with van der Waals surface area (Å²) < 4.78 is 5.86. The van der Waals surface area contributed by atoms with Gasteiger partial charge in [-0.1, -0.05) is 66.7 Å². The Morgan fingerprint density at radius 3 is 2.27 bits per heavy atom. The molecule has 3 aromatic carbocycles. The summed E-state index contributed by atoms with van der Waals surface area (Å²) in [7, 11) is 0.